The van der Waals surface area contributed by atoms with Gasteiger partial charge in [-0.2, -0.15) is 0 Å². The molecule has 1 aliphatic heterocycles. The van der Waals surface area contributed by atoms with Crippen molar-refractivity contribution < 1.29 is 24.5 Å². The van der Waals surface area contributed by atoms with Crippen LogP contribution < -0.4 is 5.63 Å². The van der Waals surface area contributed by atoms with Crippen LogP contribution in [-0.2, 0) is 4.74 Å². The van der Waals surface area contributed by atoms with Crippen LogP contribution in [-0.4, -0.2) is 34.1 Å². The minimum absolute atomic E-state index is 0.0534. The molecule has 3 N–H and O–H groups in total. The highest BCUT2D eigenvalue weighted by Crippen LogP contribution is 2.42. The number of phenols is 1. The number of hydrogen-bond acceptors (Lipinski definition) is 6. The standard InChI is InChI=1S/C24H20O6/c1-2-12-3-4-13-14-5-6-15-18(26)8-7-16(20-10-19(27)21(11-25)29-20)22(15)23(14)30-24(28)17(13)9-12/h2-9,19-21,25-27H,1,10-11H2/t19-,20+,21+/m0/s1. The minimum atomic E-state index is -0.802. The van der Waals surface area contributed by atoms with E-state index in [0.29, 0.717) is 33.7 Å². The molecule has 0 bridgehead atoms. The van der Waals surface area contributed by atoms with E-state index in [-0.39, 0.29) is 12.4 Å². The molecule has 0 spiro atoms. The van der Waals surface area contributed by atoms with E-state index in [2.05, 4.69) is 6.58 Å². The molecule has 0 saturated carbocycles. The van der Waals surface area contributed by atoms with Crippen molar-refractivity contribution in [3.05, 3.63) is 70.6 Å². The van der Waals surface area contributed by atoms with E-state index in [1.54, 1.807) is 30.3 Å². The zero-order valence-electron chi connectivity index (χ0n) is 16.0. The Labute approximate surface area is 171 Å². The Bertz CT molecular complexity index is 1370. The predicted molar refractivity (Wildman–Crippen MR) is 115 cm³/mol. The van der Waals surface area contributed by atoms with Gasteiger partial charge in [0.15, 0.2) is 0 Å². The summed E-state index contributed by atoms with van der Waals surface area (Å²) in [6, 6.07) is 12.3. The number of ether oxygens (including phenoxy) is 1. The molecule has 4 aromatic rings. The van der Waals surface area contributed by atoms with Gasteiger partial charge in [0.05, 0.1) is 24.2 Å². The Morgan fingerprint density at radius 3 is 2.57 bits per heavy atom. The minimum Gasteiger partial charge on any atom is -0.507 e. The van der Waals surface area contributed by atoms with Crippen molar-refractivity contribution in [1.29, 1.82) is 0 Å². The lowest BCUT2D eigenvalue weighted by Gasteiger charge is -2.16. The molecule has 1 aromatic heterocycles. The van der Waals surface area contributed by atoms with E-state index in [9.17, 15) is 20.1 Å². The van der Waals surface area contributed by atoms with Gasteiger partial charge in [-0.05, 0) is 40.8 Å². The number of aliphatic hydroxyl groups is 2. The second-order valence-electron chi connectivity index (χ2n) is 7.59. The molecular weight excluding hydrogens is 384 g/mol. The number of fused-ring (bicyclic) bond motifs is 5. The lowest BCUT2D eigenvalue weighted by molar-refractivity contribution is -0.0222. The molecule has 6 heteroatoms. The summed E-state index contributed by atoms with van der Waals surface area (Å²) in [6.45, 7) is 3.45. The summed E-state index contributed by atoms with van der Waals surface area (Å²) in [5, 5.41) is 33.1. The molecule has 0 amide bonds. The third kappa shape index (κ3) is 2.73. The van der Waals surface area contributed by atoms with Gasteiger partial charge in [0.1, 0.15) is 17.4 Å². The largest absolute Gasteiger partial charge is 0.507 e. The molecular formula is C24H20O6. The van der Waals surface area contributed by atoms with Crippen LogP contribution in [0.2, 0.25) is 0 Å². The molecule has 152 valence electrons. The summed E-state index contributed by atoms with van der Waals surface area (Å²) in [5.41, 5.74) is 1.38. The molecule has 3 aromatic carbocycles. The van der Waals surface area contributed by atoms with Crippen LogP contribution in [0.15, 0.2) is 58.3 Å². The molecule has 30 heavy (non-hydrogen) atoms. The van der Waals surface area contributed by atoms with E-state index in [0.717, 1.165) is 16.3 Å². The third-order valence-corrected chi connectivity index (χ3v) is 5.88. The fraction of sp³-hybridized carbons (Fsp3) is 0.208. The van der Waals surface area contributed by atoms with Crippen molar-refractivity contribution in [1.82, 2.24) is 0 Å². The van der Waals surface area contributed by atoms with Gasteiger partial charge in [-0.25, -0.2) is 4.79 Å². The Morgan fingerprint density at radius 2 is 1.83 bits per heavy atom. The first-order valence-electron chi connectivity index (χ1n) is 9.73. The number of phenolic OH excluding ortho intramolecular Hbond substituents is 1. The first-order chi connectivity index (χ1) is 14.5. The van der Waals surface area contributed by atoms with Crippen LogP contribution in [0, 0.1) is 0 Å². The lowest BCUT2D eigenvalue weighted by Crippen LogP contribution is -2.24. The Hall–Kier alpha value is -3.19. The van der Waals surface area contributed by atoms with E-state index >= 15 is 0 Å². The van der Waals surface area contributed by atoms with E-state index < -0.39 is 23.9 Å². The van der Waals surface area contributed by atoms with Gasteiger partial charge in [-0.15, -0.1) is 0 Å². The van der Waals surface area contributed by atoms with Crippen molar-refractivity contribution in [2.24, 2.45) is 0 Å². The average molecular weight is 404 g/mol. The number of rotatable bonds is 3. The molecule has 5 rings (SSSR count). The maximum absolute atomic E-state index is 12.8. The Morgan fingerprint density at radius 1 is 1.07 bits per heavy atom. The molecule has 0 unspecified atom stereocenters. The number of hydrogen-bond donors (Lipinski definition) is 3. The van der Waals surface area contributed by atoms with Gasteiger partial charge in [-0.1, -0.05) is 30.9 Å². The maximum Gasteiger partial charge on any atom is 0.344 e. The average Bonchev–Trinajstić information content (AvgIpc) is 3.14. The van der Waals surface area contributed by atoms with Crippen LogP contribution >= 0.6 is 0 Å². The molecule has 6 nitrogen and oxygen atoms in total. The molecule has 3 atom stereocenters. The van der Waals surface area contributed by atoms with E-state index in [1.807, 2.05) is 18.2 Å². The second kappa shape index (κ2) is 6.95. The quantitative estimate of drug-likeness (QED) is 0.356. The van der Waals surface area contributed by atoms with Gasteiger partial charge in [-0.3, -0.25) is 0 Å². The molecule has 1 fully saturated rings. The van der Waals surface area contributed by atoms with Crippen molar-refractivity contribution in [3.8, 4) is 5.75 Å². The summed E-state index contributed by atoms with van der Waals surface area (Å²) >= 11 is 0. The fourth-order valence-electron chi connectivity index (χ4n) is 4.34. The topological polar surface area (TPSA) is 100 Å². The van der Waals surface area contributed by atoms with Crippen LogP contribution in [0.3, 0.4) is 0 Å². The Balaban J connectivity index is 1.86. The monoisotopic (exact) mass is 404 g/mol. The van der Waals surface area contributed by atoms with Gasteiger partial charge in [0, 0.05) is 22.6 Å². The zero-order chi connectivity index (χ0) is 21.0. The second-order valence-corrected chi connectivity index (χ2v) is 7.59. The fourth-order valence-corrected chi connectivity index (χ4v) is 4.34. The summed E-state index contributed by atoms with van der Waals surface area (Å²) in [4.78, 5) is 12.8. The highest BCUT2D eigenvalue weighted by atomic mass is 16.5. The number of benzene rings is 3. The van der Waals surface area contributed by atoms with Gasteiger partial charge in [0.25, 0.3) is 0 Å². The highest BCUT2D eigenvalue weighted by Gasteiger charge is 2.35. The van der Waals surface area contributed by atoms with Gasteiger partial charge in [0.2, 0.25) is 0 Å². The molecule has 1 aliphatic rings. The first kappa shape index (κ1) is 18.8. The van der Waals surface area contributed by atoms with Crippen LogP contribution in [0.4, 0.5) is 0 Å². The zero-order valence-corrected chi connectivity index (χ0v) is 16.0. The first-order valence-corrected chi connectivity index (χ1v) is 9.73. The summed E-state index contributed by atoms with van der Waals surface area (Å²) in [7, 11) is 0. The Kier molecular flexibility index (Phi) is 4.36. The summed E-state index contributed by atoms with van der Waals surface area (Å²) < 4.78 is 11.6. The molecule has 0 aliphatic carbocycles. The maximum atomic E-state index is 12.8. The van der Waals surface area contributed by atoms with E-state index in [1.165, 1.54) is 0 Å². The lowest BCUT2D eigenvalue weighted by atomic mass is 9.94. The summed E-state index contributed by atoms with van der Waals surface area (Å²) in [5.74, 6) is 0.0534. The van der Waals surface area contributed by atoms with E-state index in [4.69, 9.17) is 9.15 Å². The van der Waals surface area contributed by atoms with Crippen molar-refractivity contribution in [2.75, 3.05) is 6.61 Å². The summed E-state index contributed by atoms with van der Waals surface area (Å²) in [6.07, 6.45) is -0.0277. The van der Waals surface area contributed by atoms with Crippen molar-refractivity contribution in [3.63, 3.8) is 0 Å². The van der Waals surface area contributed by atoms with Crippen LogP contribution in [0.5, 0.6) is 5.75 Å². The van der Waals surface area contributed by atoms with Gasteiger partial charge >= 0.3 is 5.63 Å². The number of aromatic hydroxyl groups is 1. The SMILES string of the molecule is C=Cc1ccc2c(c1)c(=O)oc1c2ccc2c(O)ccc([C@H]3C[C@H](O)[C@@H](CO)O3)c21. The van der Waals surface area contributed by atoms with Crippen LogP contribution in [0.1, 0.15) is 23.7 Å². The van der Waals surface area contributed by atoms with Crippen molar-refractivity contribution in [2.45, 2.75) is 24.7 Å². The smallest absolute Gasteiger partial charge is 0.344 e. The van der Waals surface area contributed by atoms with Gasteiger partial charge < -0.3 is 24.5 Å². The third-order valence-electron chi connectivity index (χ3n) is 5.88. The van der Waals surface area contributed by atoms with Crippen LogP contribution in [0.25, 0.3) is 38.6 Å². The molecule has 2 heterocycles. The predicted octanol–water partition coefficient (Wildman–Crippen LogP) is 3.63. The normalized spacial score (nSPS) is 21.6. The molecule has 0 radical (unpaired) electrons. The highest BCUT2D eigenvalue weighted by molar-refractivity contribution is 6.16. The van der Waals surface area contributed by atoms with Crippen molar-refractivity contribution >= 4 is 38.6 Å². The molecule has 1 saturated heterocycles. The number of aliphatic hydroxyl groups excluding tert-OH is 2.